The molecule has 1 aromatic rings. The second-order valence-electron chi connectivity index (χ2n) is 3.70. The first kappa shape index (κ1) is 14.5. The van der Waals surface area contributed by atoms with Crippen LogP contribution in [0.25, 0.3) is 0 Å². The van der Waals surface area contributed by atoms with E-state index in [1.807, 2.05) is 0 Å². The third-order valence-corrected chi connectivity index (χ3v) is 3.80. The van der Waals surface area contributed by atoms with Crippen molar-refractivity contribution in [3.63, 3.8) is 0 Å². The molecule has 0 spiro atoms. The topological polar surface area (TPSA) is 41.9 Å². The van der Waals surface area contributed by atoms with Crippen molar-refractivity contribution in [3.8, 4) is 0 Å². The number of anilines is 1. The molecular formula is C11H19ClN4S. The average Bonchev–Trinajstić information content (AvgIpc) is 2.29. The zero-order valence-corrected chi connectivity index (χ0v) is 12.3. The third-order valence-electron chi connectivity index (χ3n) is 2.50. The van der Waals surface area contributed by atoms with E-state index in [0.717, 1.165) is 19.5 Å². The number of halogens is 1. The number of rotatable bonds is 6. The molecule has 0 aliphatic rings. The molecule has 1 rings (SSSR count). The highest BCUT2D eigenvalue weighted by Gasteiger charge is 2.12. The summed E-state index contributed by atoms with van der Waals surface area (Å²) < 4.78 is 0. The summed E-state index contributed by atoms with van der Waals surface area (Å²) in [5.74, 6) is 0.667. The van der Waals surface area contributed by atoms with Crippen molar-refractivity contribution in [2.24, 2.45) is 0 Å². The Hall–Kier alpha value is -0.550. The van der Waals surface area contributed by atoms with Gasteiger partial charge >= 0.3 is 0 Å². The molecule has 1 aromatic heterocycles. The van der Waals surface area contributed by atoms with Crippen LogP contribution in [0.5, 0.6) is 0 Å². The molecule has 0 radical (unpaired) electrons. The monoisotopic (exact) mass is 274 g/mol. The lowest BCUT2D eigenvalue weighted by atomic mass is 10.4. The molecular weight excluding hydrogens is 256 g/mol. The fourth-order valence-electron chi connectivity index (χ4n) is 1.29. The van der Waals surface area contributed by atoms with Gasteiger partial charge in [0.05, 0.1) is 0 Å². The van der Waals surface area contributed by atoms with Crippen LogP contribution in [0.15, 0.2) is 5.16 Å². The Balaban J connectivity index is 2.93. The van der Waals surface area contributed by atoms with E-state index in [2.05, 4.69) is 47.5 Å². The molecule has 6 heteroatoms. The molecule has 0 saturated carbocycles. The lowest BCUT2D eigenvalue weighted by Crippen LogP contribution is -2.24. The van der Waals surface area contributed by atoms with Gasteiger partial charge in [0.15, 0.2) is 5.16 Å². The maximum absolute atomic E-state index is 5.93. The van der Waals surface area contributed by atoms with Crippen molar-refractivity contribution in [1.29, 1.82) is 0 Å². The smallest absolute Gasteiger partial charge is 0.230 e. The molecule has 0 aromatic carbocycles. The van der Waals surface area contributed by atoms with Gasteiger partial charge in [-0.15, -0.1) is 0 Å². The molecule has 0 aliphatic carbocycles. The number of nitrogens with zero attached hydrogens (tertiary/aromatic N) is 4. The molecule has 4 nitrogen and oxygen atoms in total. The maximum atomic E-state index is 5.93. The lowest BCUT2D eigenvalue weighted by molar-refractivity contribution is 0.778. The molecule has 0 amide bonds. The minimum atomic E-state index is 0.271. The van der Waals surface area contributed by atoms with Crippen LogP contribution in [-0.2, 0) is 0 Å². The van der Waals surface area contributed by atoms with Gasteiger partial charge in [0.1, 0.15) is 0 Å². The largest absolute Gasteiger partial charge is 0.341 e. The van der Waals surface area contributed by atoms with Gasteiger partial charge in [0, 0.05) is 18.3 Å². The number of hydrogen-bond acceptors (Lipinski definition) is 5. The van der Waals surface area contributed by atoms with Crippen LogP contribution in [0, 0.1) is 0 Å². The molecule has 0 bridgehead atoms. The molecule has 0 N–H and O–H groups in total. The number of hydrogen-bond donors (Lipinski definition) is 0. The summed E-state index contributed by atoms with van der Waals surface area (Å²) in [6, 6.07) is 0. The number of thioether (sulfide) groups is 1. The normalized spacial score (nSPS) is 12.5. The van der Waals surface area contributed by atoms with Gasteiger partial charge in [0.2, 0.25) is 11.2 Å². The van der Waals surface area contributed by atoms with E-state index < -0.39 is 0 Å². The van der Waals surface area contributed by atoms with Crippen LogP contribution in [0.3, 0.4) is 0 Å². The third kappa shape index (κ3) is 4.32. The maximum Gasteiger partial charge on any atom is 0.230 e. The highest BCUT2D eigenvalue weighted by molar-refractivity contribution is 7.99. The van der Waals surface area contributed by atoms with Crippen LogP contribution in [0.1, 0.15) is 34.1 Å². The zero-order chi connectivity index (χ0) is 12.8. The van der Waals surface area contributed by atoms with Crippen LogP contribution >= 0.6 is 23.4 Å². The van der Waals surface area contributed by atoms with E-state index in [0.29, 0.717) is 16.4 Å². The summed E-state index contributed by atoms with van der Waals surface area (Å²) in [5.41, 5.74) is 0. The van der Waals surface area contributed by atoms with Crippen molar-refractivity contribution in [3.05, 3.63) is 5.28 Å². The summed E-state index contributed by atoms with van der Waals surface area (Å²) in [6.07, 6.45) is 1.08. The summed E-state index contributed by atoms with van der Waals surface area (Å²) in [7, 11) is 0. The van der Waals surface area contributed by atoms with Crippen LogP contribution < -0.4 is 4.90 Å². The highest BCUT2D eigenvalue weighted by Crippen LogP contribution is 2.24. The zero-order valence-electron chi connectivity index (χ0n) is 10.8. The summed E-state index contributed by atoms with van der Waals surface area (Å²) in [6.45, 7) is 10.2. The molecule has 1 unspecified atom stereocenters. The summed E-state index contributed by atoms with van der Waals surface area (Å²) >= 11 is 7.57. The minimum absolute atomic E-state index is 0.271. The standard InChI is InChI=1S/C11H19ClN4S/c1-5-8(4)17-11-14-9(12)13-10(15-11)16(6-2)7-3/h8H,5-7H2,1-4H3. The Labute approximate surface area is 112 Å². The van der Waals surface area contributed by atoms with Gasteiger partial charge in [-0.1, -0.05) is 25.6 Å². The Kier molecular flexibility index (Phi) is 5.98. The molecule has 1 heterocycles. The van der Waals surface area contributed by atoms with Crippen molar-refractivity contribution in [2.75, 3.05) is 18.0 Å². The van der Waals surface area contributed by atoms with Gasteiger partial charge in [-0.2, -0.15) is 15.0 Å². The van der Waals surface area contributed by atoms with Crippen molar-refractivity contribution >= 4 is 29.3 Å². The first-order chi connectivity index (χ1) is 8.10. The molecule has 0 fully saturated rings. The first-order valence-electron chi connectivity index (χ1n) is 5.93. The van der Waals surface area contributed by atoms with Gasteiger partial charge in [0.25, 0.3) is 0 Å². The van der Waals surface area contributed by atoms with E-state index in [1.165, 1.54) is 0 Å². The van der Waals surface area contributed by atoms with E-state index >= 15 is 0 Å². The van der Waals surface area contributed by atoms with E-state index in [-0.39, 0.29) is 5.28 Å². The average molecular weight is 275 g/mol. The highest BCUT2D eigenvalue weighted by atomic mass is 35.5. The molecule has 17 heavy (non-hydrogen) atoms. The van der Waals surface area contributed by atoms with Crippen LogP contribution in [0.2, 0.25) is 5.28 Å². The predicted octanol–water partition coefficient (Wildman–Crippen LogP) is 3.26. The molecule has 1 atom stereocenters. The van der Waals surface area contributed by atoms with Gasteiger partial charge in [-0.3, -0.25) is 0 Å². The fraction of sp³-hybridized carbons (Fsp3) is 0.727. The molecule has 0 saturated heterocycles. The SMILES string of the molecule is CCC(C)Sc1nc(Cl)nc(N(CC)CC)n1. The van der Waals surface area contributed by atoms with Crippen molar-refractivity contribution in [1.82, 2.24) is 15.0 Å². The Morgan fingerprint density at radius 3 is 2.35 bits per heavy atom. The lowest BCUT2D eigenvalue weighted by Gasteiger charge is -2.18. The van der Waals surface area contributed by atoms with Crippen molar-refractivity contribution in [2.45, 2.75) is 44.5 Å². The number of aromatic nitrogens is 3. The molecule has 0 aliphatic heterocycles. The Morgan fingerprint density at radius 2 is 1.82 bits per heavy atom. The molecule has 96 valence electrons. The van der Waals surface area contributed by atoms with Crippen LogP contribution in [-0.4, -0.2) is 33.3 Å². The second-order valence-corrected chi connectivity index (χ2v) is 5.44. The van der Waals surface area contributed by atoms with Gasteiger partial charge < -0.3 is 4.90 Å². The summed E-state index contributed by atoms with van der Waals surface area (Å²) in [5, 5.41) is 1.46. The van der Waals surface area contributed by atoms with Gasteiger partial charge in [-0.05, 0) is 31.9 Å². The Morgan fingerprint density at radius 1 is 1.18 bits per heavy atom. The fourth-order valence-corrected chi connectivity index (χ4v) is 2.29. The summed E-state index contributed by atoms with van der Waals surface area (Å²) in [4.78, 5) is 14.8. The first-order valence-corrected chi connectivity index (χ1v) is 7.19. The van der Waals surface area contributed by atoms with E-state index in [9.17, 15) is 0 Å². The van der Waals surface area contributed by atoms with E-state index in [1.54, 1.807) is 11.8 Å². The van der Waals surface area contributed by atoms with E-state index in [4.69, 9.17) is 11.6 Å². The second kappa shape index (κ2) is 7.01. The van der Waals surface area contributed by atoms with Crippen LogP contribution in [0.4, 0.5) is 5.95 Å². The minimum Gasteiger partial charge on any atom is -0.341 e. The van der Waals surface area contributed by atoms with Gasteiger partial charge in [-0.25, -0.2) is 0 Å². The predicted molar refractivity (Wildman–Crippen MR) is 74.0 cm³/mol. The quantitative estimate of drug-likeness (QED) is 0.745. The van der Waals surface area contributed by atoms with Crippen molar-refractivity contribution < 1.29 is 0 Å². The Bertz CT molecular complexity index is 357.